The first-order valence-electron chi connectivity index (χ1n) is 12.1. The molecule has 8 nitrogen and oxygen atoms in total. The minimum absolute atomic E-state index is 0.266. The molecule has 0 fully saturated rings. The fourth-order valence-corrected chi connectivity index (χ4v) is 4.89. The van der Waals surface area contributed by atoms with Crippen molar-refractivity contribution in [3.05, 3.63) is 69.9 Å². The molecule has 196 valence electrons. The summed E-state index contributed by atoms with van der Waals surface area (Å²) in [6.07, 6.45) is 0.737. The van der Waals surface area contributed by atoms with E-state index < -0.39 is 12.0 Å². The van der Waals surface area contributed by atoms with Gasteiger partial charge in [0.25, 0.3) is 0 Å². The molecule has 0 radical (unpaired) electrons. The lowest BCUT2D eigenvalue weighted by molar-refractivity contribution is -0.143. The number of halogens is 1. The third kappa shape index (κ3) is 6.22. The van der Waals surface area contributed by atoms with Gasteiger partial charge in [-0.2, -0.15) is 4.98 Å². The molecular weight excluding hydrogens is 512 g/mol. The van der Waals surface area contributed by atoms with Crippen LogP contribution < -0.4 is 14.8 Å². The third-order valence-corrected chi connectivity index (χ3v) is 6.90. The second-order valence-electron chi connectivity index (χ2n) is 8.86. The Kier molecular flexibility index (Phi) is 8.66. The number of fused-ring (bicyclic) bond motifs is 1. The van der Waals surface area contributed by atoms with E-state index in [-0.39, 0.29) is 6.10 Å². The Morgan fingerprint density at radius 2 is 2.03 bits per heavy atom. The quantitative estimate of drug-likeness (QED) is 0.237. The van der Waals surface area contributed by atoms with Gasteiger partial charge in [-0.05, 0) is 62.6 Å². The maximum atomic E-state index is 13.2. The topological polar surface area (TPSA) is 87.5 Å². The first kappa shape index (κ1) is 26.9. The average Bonchev–Trinajstić information content (AvgIpc) is 3.27. The van der Waals surface area contributed by atoms with Crippen LogP contribution in [0, 0.1) is 0 Å². The highest BCUT2D eigenvalue weighted by molar-refractivity contribution is 7.99. The maximum Gasteiger partial charge on any atom is 0.338 e. The zero-order chi connectivity index (χ0) is 26.5. The van der Waals surface area contributed by atoms with Gasteiger partial charge >= 0.3 is 5.97 Å². The fraction of sp³-hybridized carbons (Fsp3) is 0.370. The van der Waals surface area contributed by atoms with Gasteiger partial charge in [-0.1, -0.05) is 48.5 Å². The van der Waals surface area contributed by atoms with Gasteiger partial charge in [-0.25, -0.2) is 9.48 Å². The number of carbonyl (C=O) groups excluding carboxylic acids is 1. The van der Waals surface area contributed by atoms with Gasteiger partial charge in [-0.15, -0.1) is 5.10 Å². The molecule has 2 aromatic carbocycles. The number of benzene rings is 2. The largest absolute Gasteiger partial charge is 0.493 e. The Morgan fingerprint density at radius 1 is 1.22 bits per heavy atom. The van der Waals surface area contributed by atoms with Gasteiger partial charge in [0.15, 0.2) is 11.5 Å². The minimum Gasteiger partial charge on any atom is -0.493 e. The standard InChI is InChI=1S/C27H31ClN4O4S/c1-6-12-37-27-30-26-29-17(4)23(25(33)36-16(2)3)24(32(26)31-27)19-10-11-21(22(14-19)34-5)35-15-18-8-7-9-20(28)13-18/h7-11,13-14,16,24H,6,12,15H2,1-5H3,(H,29,30,31). The molecule has 3 aromatic rings. The Hall–Kier alpha value is -3.17. The van der Waals surface area contributed by atoms with Crippen molar-refractivity contribution < 1.29 is 19.0 Å². The molecule has 0 saturated carbocycles. The Morgan fingerprint density at radius 3 is 2.73 bits per heavy atom. The summed E-state index contributed by atoms with van der Waals surface area (Å²) in [5.74, 6) is 2.17. The van der Waals surface area contributed by atoms with Crippen LogP contribution in [-0.2, 0) is 16.1 Å². The Bertz CT molecular complexity index is 1310. The van der Waals surface area contributed by atoms with E-state index in [2.05, 4.69) is 17.2 Å². The summed E-state index contributed by atoms with van der Waals surface area (Å²) in [6.45, 7) is 7.95. The summed E-state index contributed by atoms with van der Waals surface area (Å²) in [7, 11) is 1.59. The number of anilines is 1. The van der Waals surface area contributed by atoms with Crippen LogP contribution in [0.15, 0.2) is 58.9 Å². The van der Waals surface area contributed by atoms with Crippen molar-refractivity contribution >= 4 is 35.3 Å². The maximum absolute atomic E-state index is 13.2. The van der Waals surface area contributed by atoms with Crippen LogP contribution in [0.5, 0.6) is 11.5 Å². The molecule has 2 heterocycles. The normalized spacial score (nSPS) is 14.8. The molecule has 1 atom stereocenters. The number of methoxy groups -OCH3 is 1. The highest BCUT2D eigenvalue weighted by atomic mass is 35.5. The number of rotatable bonds is 10. The minimum atomic E-state index is -0.554. The van der Waals surface area contributed by atoms with E-state index in [0.29, 0.717) is 45.5 Å². The van der Waals surface area contributed by atoms with Crippen LogP contribution in [0.2, 0.25) is 5.02 Å². The number of hydrogen-bond acceptors (Lipinski definition) is 8. The van der Waals surface area contributed by atoms with Crippen LogP contribution >= 0.6 is 23.4 Å². The van der Waals surface area contributed by atoms with Crippen LogP contribution in [0.3, 0.4) is 0 Å². The molecule has 4 rings (SSSR count). The predicted molar refractivity (Wildman–Crippen MR) is 146 cm³/mol. The number of hydrogen-bond donors (Lipinski definition) is 1. The lowest BCUT2D eigenvalue weighted by Crippen LogP contribution is -2.30. The lowest BCUT2D eigenvalue weighted by atomic mass is 9.95. The monoisotopic (exact) mass is 542 g/mol. The van der Waals surface area contributed by atoms with E-state index in [1.54, 1.807) is 23.6 Å². The number of allylic oxidation sites excluding steroid dienone is 1. The summed E-state index contributed by atoms with van der Waals surface area (Å²) >= 11 is 7.68. The number of nitrogens with zero attached hydrogens (tertiary/aromatic N) is 3. The first-order valence-corrected chi connectivity index (χ1v) is 13.5. The second kappa shape index (κ2) is 11.9. The van der Waals surface area contributed by atoms with Crippen LogP contribution in [0.4, 0.5) is 5.95 Å². The summed E-state index contributed by atoms with van der Waals surface area (Å²) in [5.41, 5.74) is 2.87. The van der Waals surface area contributed by atoms with Crippen LogP contribution in [0.1, 0.15) is 51.3 Å². The van der Waals surface area contributed by atoms with Gasteiger partial charge in [0.1, 0.15) is 12.6 Å². The number of thioether (sulfide) groups is 1. The number of aromatic nitrogens is 3. The summed E-state index contributed by atoms with van der Waals surface area (Å²) in [4.78, 5) is 17.9. The van der Waals surface area contributed by atoms with Crippen molar-refractivity contribution in [2.24, 2.45) is 0 Å². The molecule has 0 bridgehead atoms. The smallest absolute Gasteiger partial charge is 0.338 e. The van der Waals surface area contributed by atoms with Crippen molar-refractivity contribution in [3.8, 4) is 11.5 Å². The van der Waals surface area contributed by atoms with Crippen LogP contribution in [-0.4, -0.2) is 39.7 Å². The zero-order valence-corrected chi connectivity index (χ0v) is 23.2. The number of esters is 1. The molecule has 37 heavy (non-hydrogen) atoms. The lowest BCUT2D eigenvalue weighted by Gasteiger charge is -2.29. The van der Waals surface area contributed by atoms with E-state index in [1.165, 1.54) is 0 Å². The Balaban J connectivity index is 1.71. The van der Waals surface area contributed by atoms with Gasteiger partial charge in [0.05, 0.1) is 18.8 Å². The summed E-state index contributed by atoms with van der Waals surface area (Å²) < 4.78 is 19.1. The molecule has 1 aliphatic rings. The molecule has 0 amide bonds. The van der Waals surface area contributed by atoms with Crippen molar-refractivity contribution in [2.45, 2.75) is 58.0 Å². The molecule has 1 N–H and O–H groups in total. The van der Waals surface area contributed by atoms with Gasteiger partial charge < -0.3 is 19.5 Å². The van der Waals surface area contributed by atoms with E-state index in [1.807, 2.05) is 63.2 Å². The molecule has 1 aliphatic heterocycles. The van der Waals surface area contributed by atoms with Crippen molar-refractivity contribution in [2.75, 3.05) is 18.2 Å². The predicted octanol–water partition coefficient (Wildman–Crippen LogP) is 6.26. The molecule has 10 heteroatoms. The summed E-state index contributed by atoms with van der Waals surface area (Å²) in [5, 5.41) is 9.26. The molecule has 0 spiro atoms. The Labute approximate surface area is 226 Å². The van der Waals surface area contributed by atoms with E-state index in [4.69, 9.17) is 30.9 Å². The SMILES string of the molecule is CCCSc1nc2n(n1)C(c1ccc(OCc3cccc(Cl)c3)c(OC)c1)C(C(=O)OC(C)C)=C(C)N2. The van der Waals surface area contributed by atoms with Crippen LogP contribution in [0.25, 0.3) is 0 Å². The fourth-order valence-electron chi connectivity index (χ4n) is 4.00. The van der Waals surface area contributed by atoms with Gasteiger partial charge in [-0.3, -0.25) is 0 Å². The molecular formula is C27H31ClN4O4S. The number of nitrogens with one attached hydrogen (secondary N) is 1. The molecule has 1 unspecified atom stereocenters. The van der Waals surface area contributed by atoms with E-state index in [9.17, 15) is 4.79 Å². The third-order valence-electron chi connectivity index (χ3n) is 5.62. The van der Waals surface area contributed by atoms with E-state index in [0.717, 1.165) is 23.3 Å². The summed E-state index contributed by atoms with van der Waals surface area (Å²) in [6, 6.07) is 12.6. The van der Waals surface area contributed by atoms with Gasteiger partial charge in [0, 0.05) is 16.5 Å². The average molecular weight is 543 g/mol. The highest BCUT2D eigenvalue weighted by Gasteiger charge is 2.36. The molecule has 0 aliphatic carbocycles. The van der Waals surface area contributed by atoms with E-state index >= 15 is 0 Å². The molecule has 1 aromatic heterocycles. The van der Waals surface area contributed by atoms with Crippen molar-refractivity contribution in [1.29, 1.82) is 0 Å². The van der Waals surface area contributed by atoms with Crippen molar-refractivity contribution in [3.63, 3.8) is 0 Å². The number of ether oxygens (including phenoxy) is 3. The highest BCUT2D eigenvalue weighted by Crippen LogP contribution is 2.40. The first-order chi connectivity index (χ1) is 17.8. The van der Waals surface area contributed by atoms with Gasteiger partial charge in [0.2, 0.25) is 11.1 Å². The second-order valence-corrected chi connectivity index (χ2v) is 10.4. The molecule has 0 saturated heterocycles. The zero-order valence-electron chi connectivity index (χ0n) is 21.6. The number of carbonyl (C=O) groups is 1. The van der Waals surface area contributed by atoms with Crippen molar-refractivity contribution in [1.82, 2.24) is 14.8 Å².